The van der Waals surface area contributed by atoms with E-state index in [1.165, 1.54) is 6.07 Å². The minimum absolute atomic E-state index is 0.0233. The number of carboxylic acids is 1. The third kappa shape index (κ3) is 1.98. The second kappa shape index (κ2) is 3.46. The molecule has 0 aliphatic rings. The largest absolute Gasteiger partial charge is 0.507 e. The minimum Gasteiger partial charge on any atom is -0.507 e. The number of aromatic carboxylic acids is 1. The highest BCUT2D eigenvalue weighted by Gasteiger charge is 2.16. The number of carbonyl (C=O) groups is 1. The van der Waals surface area contributed by atoms with Gasteiger partial charge in [0.1, 0.15) is 11.3 Å². The Balaban J connectivity index is 3.19. The zero-order chi connectivity index (χ0) is 10.0. The average Bonchev–Trinajstić information content (AvgIpc) is 2.04. The van der Waals surface area contributed by atoms with Crippen molar-refractivity contribution < 1.29 is 25.1 Å². The average molecular weight is 182 g/mol. The summed E-state index contributed by atoms with van der Waals surface area (Å²) in [6.07, 6.45) is 0. The van der Waals surface area contributed by atoms with E-state index >= 15 is 0 Å². The SMILES string of the molecule is O=C(O)c1cc(B(O)O)ccc1O. The summed E-state index contributed by atoms with van der Waals surface area (Å²) in [5.74, 6) is -1.73. The predicted molar refractivity (Wildman–Crippen MR) is 44.9 cm³/mol. The molecule has 0 aliphatic heterocycles. The van der Waals surface area contributed by atoms with E-state index in [4.69, 9.17) is 20.3 Å². The van der Waals surface area contributed by atoms with Crippen molar-refractivity contribution in [1.29, 1.82) is 0 Å². The summed E-state index contributed by atoms with van der Waals surface area (Å²) in [5.41, 5.74) is -0.333. The number of aromatic hydroxyl groups is 1. The molecule has 0 aromatic heterocycles. The van der Waals surface area contributed by atoms with Gasteiger partial charge in [-0.3, -0.25) is 0 Å². The molecule has 0 radical (unpaired) electrons. The van der Waals surface area contributed by atoms with Crippen LogP contribution in [0.15, 0.2) is 18.2 Å². The van der Waals surface area contributed by atoms with Crippen LogP contribution in [0.3, 0.4) is 0 Å². The van der Waals surface area contributed by atoms with Gasteiger partial charge in [-0.2, -0.15) is 0 Å². The van der Waals surface area contributed by atoms with Crippen LogP contribution in [0.1, 0.15) is 10.4 Å². The van der Waals surface area contributed by atoms with Crippen molar-refractivity contribution in [3.8, 4) is 5.75 Å². The number of rotatable bonds is 2. The van der Waals surface area contributed by atoms with Gasteiger partial charge in [0.25, 0.3) is 0 Å². The summed E-state index contributed by atoms with van der Waals surface area (Å²) >= 11 is 0. The Bertz CT molecular complexity index is 336. The van der Waals surface area contributed by atoms with E-state index in [9.17, 15) is 4.79 Å². The Labute approximate surface area is 74.0 Å². The standard InChI is InChI=1S/C7H7BO5/c9-6-2-1-4(8(12)13)3-5(6)7(10)11/h1-3,9,12-13H,(H,10,11). The lowest BCUT2D eigenvalue weighted by atomic mass is 9.79. The highest BCUT2D eigenvalue weighted by atomic mass is 16.4. The third-order valence-electron chi connectivity index (χ3n) is 1.55. The highest BCUT2D eigenvalue weighted by molar-refractivity contribution is 6.58. The van der Waals surface area contributed by atoms with Crippen molar-refractivity contribution in [3.63, 3.8) is 0 Å². The van der Waals surface area contributed by atoms with Crippen LogP contribution < -0.4 is 5.46 Å². The van der Waals surface area contributed by atoms with Crippen molar-refractivity contribution >= 4 is 18.6 Å². The first-order valence-corrected chi connectivity index (χ1v) is 3.44. The van der Waals surface area contributed by atoms with Crippen LogP contribution >= 0.6 is 0 Å². The lowest BCUT2D eigenvalue weighted by Gasteiger charge is -2.02. The van der Waals surface area contributed by atoms with Crippen LogP contribution in [-0.2, 0) is 0 Å². The molecule has 13 heavy (non-hydrogen) atoms. The lowest BCUT2D eigenvalue weighted by Crippen LogP contribution is -2.30. The quantitative estimate of drug-likeness (QED) is 0.429. The van der Waals surface area contributed by atoms with Crippen LogP contribution in [0.2, 0.25) is 0 Å². The van der Waals surface area contributed by atoms with E-state index in [2.05, 4.69) is 0 Å². The van der Waals surface area contributed by atoms with Crippen molar-refractivity contribution in [3.05, 3.63) is 23.8 Å². The summed E-state index contributed by atoms with van der Waals surface area (Å²) in [4.78, 5) is 10.5. The first-order valence-electron chi connectivity index (χ1n) is 3.44. The van der Waals surface area contributed by atoms with Crippen LogP contribution in [0.4, 0.5) is 0 Å². The van der Waals surface area contributed by atoms with Crippen LogP contribution in [-0.4, -0.2) is 33.3 Å². The summed E-state index contributed by atoms with van der Waals surface area (Å²) < 4.78 is 0. The molecule has 0 atom stereocenters. The monoisotopic (exact) mass is 182 g/mol. The van der Waals surface area contributed by atoms with Crippen molar-refractivity contribution in [2.75, 3.05) is 0 Å². The molecule has 4 N–H and O–H groups in total. The molecule has 68 valence electrons. The number of hydrogen-bond donors (Lipinski definition) is 4. The van der Waals surface area contributed by atoms with Crippen molar-refractivity contribution in [1.82, 2.24) is 0 Å². The molecule has 0 fully saturated rings. The van der Waals surface area contributed by atoms with Crippen LogP contribution in [0.25, 0.3) is 0 Å². The van der Waals surface area contributed by atoms with Gasteiger partial charge in [-0.1, -0.05) is 6.07 Å². The summed E-state index contributed by atoms with van der Waals surface area (Å²) in [6, 6.07) is 3.33. The van der Waals surface area contributed by atoms with Crippen LogP contribution in [0.5, 0.6) is 5.75 Å². The second-order valence-corrected chi connectivity index (χ2v) is 2.46. The van der Waals surface area contributed by atoms with Gasteiger partial charge in [-0.15, -0.1) is 0 Å². The normalized spacial score (nSPS) is 9.69. The maximum absolute atomic E-state index is 10.5. The van der Waals surface area contributed by atoms with Gasteiger partial charge in [0.05, 0.1) is 0 Å². The Morgan fingerprint density at radius 3 is 2.38 bits per heavy atom. The fourth-order valence-electron chi connectivity index (χ4n) is 0.886. The topological polar surface area (TPSA) is 98.0 Å². The molecular weight excluding hydrogens is 175 g/mol. The van der Waals surface area contributed by atoms with Crippen molar-refractivity contribution in [2.24, 2.45) is 0 Å². The van der Waals surface area contributed by atoms with E-state index in [0.717, 1.165) is 12.1 Å². The van der Waals surface area contributed by atoms with Crippen LogP contribution in [0, 0.1) is 0 Å². The second-order valence-electron chi connectivity index (χ2n) is 2.46. The zero-order valence-electron chi connectivity index (χ0n) is 6.51. The van der Waals surface area contributed by atoms with E-state index in [0.29, 0.717) is 0 Å². The Morgan fingerprint density at radius 2 is 1.92 bits per heavy atom. The Hall–Kier alpha value is -1.53. The van der Waals surface area contributed by atoms with Gasteiger partial charge in [0, 0.05) is 0 Å². The number of phenols is 1. The first-order chi connectivity index (χ1) is 6.02. The molecule has 1 aromatic rings. The third-order valence-corrected chi connectivity index (χ3v) is 1.55. The molecular formula is C7H7BO5. The van der Waals surface area contributed by atoms with E-state index in [1.807, 2.05) is 0 Å². The van der Waals surface area contributed by atoms with Gasteiger partial charge in [-0.25, -0.2) is 4.79 Å². The Morgan fingerprint density at radius 1 is 1.31 bits per heavy atom. The number of hydrogen-bond acceptors (Lipinski definition) is 4. The van der Waals surface area contributed by atoms with Gasteiger partial charge >= 0.3 is 13.1 Å². The lowest BCUT2D eigenvalue weighted by molar-refractivity contribution is 0.0694. The molecule has 0 unspecified atom stereocenters. The molecule has 0 saturated carbocycles. The number of carboxylic acid groups (broad SMARTS) is 1. The fraction of sp³-hybridized carbons (Fsp3) is 0. The van der Waals surface area contributed by atoms with Gasteiger partial charge in [0.15, 0.2) is 0 Å². The molecule has 1 aromatic carbocycles. The minimum atomic E-state index is -1.74. The molecule has 1 rings (SSSR count). The molecule has 0 bridgehead atoms. The highest BCUT2D eigenvalue weighted by Crippen LogP contribution is 2.13. The van der Waals surface area contributed by atoms with E-state index < -0.39 is 18.8 Å². The first kappa shape index (κ1) is 9.56. The molecule has 6 heteroatoms. The summed E-state index contributed by atoms with van der Waals surface area (Å²) in [6.45, 7) is 0. The molecule has 0 spiro atoms. The molecule has 0 saturated heterocycles. The number of benzene rings is 1. The van der Waals surface area contributed by atoms with Gasteiger partial charge in [-0.05, 0) is 17.6 Å². The van der Waals surface area contributed by atoms with E-state index in [1.54, 1.807) is 0 Å². The van der Waals surface area contributed by atoms with Gasteiger partial charge in [0.2, 0.25) is 0 Å². The molecule has 5 nitrogen and oxygen atoms in total. The van der Waals surface area contributed by atoms with E-state index in [-0.39, 0.29) is 11.0 Å². The van der Waals surface area contributed by atoms with Crippen molar-refractivity contribution in [2.45, 2.75) is 0 Å². The maximum Gasteiger partial charge on any atom is 0.488 e. The summed E-state index contributed by atoms with van der Waals surface area (Å²) in [7, 11) is -1.74. The molecule has 0 amide bonds. The maximum atomic E-state index is 10.5. The fourth-order valence-corrected chi connectivity index (χ4v) is 0.886. The summed E-state index contributed by atoms with van der Waals surface area (Å²) in [5, 5.41) is 35.0. The molecule has 0 aliphatic carbocycles. The zero-order valence-corrected chi connectivity index (χ0v) is 6.51. The predicted octanol–water partition coefficient (Wildman–Crippen LogP) is -1.23. The Kier molecular flexibility index (Phi) is 2.55. The smallest absolute Gasteiger partial charge is 0.488 e. The van der Waals surface area contributed by atoms with Gasteiger partial charge < -0.3 is 20.3 Å². The molecule has 0 heterocycles.